The number of ether oxygens (including phenoxy) is 3. The predicted molar refractivity (Wildman–Crippen MR) is 54.5 cm³/mol. The second-order valence-electron chi connectivity index (χ2n) is 3.59. The Bertz CT molecular complexity index is 136. The Morgan fingerprint density at radius 2 is 1.64 bits per heavy atom. The molecule has 4 nitrogen and oxygen atoms in total. The van der Waals surface area contributed by atoms with E-state index in [0.717, 1.165) is 33.0 Å². The zero-order valence-electron chi connectivity index (χ0n) is 9.36. The normalized spacial score (nSPS) is 29.4. The number of methoxy groups -OCH3 is 2. The molecule has 0 N–H and O–H groups in total. The van der Waals surface area contributed by atoms with Gasteiger partial charge in [-0.05, 0) is 6.54 Å². The first kappa shape index (κ1) is 11.9. The largest absolute Gasteiger partial charge is 0.383 e. The van der Waals surface area contributed by atoms with E-state index in [2.05, 4.69) is 11.8 Å². The number of hydrogen-bond acceptors (Lipinski definition) is 4. The van der Waals surface area contributed by atoms with Crippen LogP contribution < -0.4 is 0 Å². The fraction of sp³-hybridized carbons (Fsp3) is 1.00. The molecule has 1 fully saturated rings. The van der Waals surface area contributed by atoms with Gasteiger partial charge in [0.1, 0.15) is 0 Å². The van der Waals surface area contributed by atoms with Gasteiger partial charge in [-0.2, -0.15) is 0 Å². The highest BCUT2D eigenvalue weighted by atomic mass is 16.5. The summed E-state index contributed by atoms with van der Waals surface area (Å²) in [6.45, 7) is 6.17. The van der Waals surface area contributed by atoms with Gasteiger partial charge in [-0.25, -0.2) is 0 Å². The summed E-state index contributed by atoms with van der Waals surface area (Å²) in [5, 5.41) is 0. The molecule has 0 aromatic carbocycles. The molecule has 0 aromatic rings. The highest BCUT2D eigenvalue weighted by Gasteiger charge is 2.29. The summed E-state index contributed by atoms with van der Waals surface area (Å²) >= 11 is 0. The molecule has 1 aliphatic rings. The van der Waals surface area contributed by atoms with Crippen molar-refractivity contribution < 1.29 is 14.2 Å². The third-order valence-electron chi connectivity index (χ3n) is 2.64. The minimum Gasteiger partial charge on any atom is -0.383 e. The molecular weight excluding hydrogens is 182 g/mol. The fourth-order valence-electron chi connectivity index (χ4n) is 2.02. The van der Waals surface area contributed by atoms with Crippen molar-refractivity contribution >= 4 is 0 Å². The quantitative estimate of drug-likeness (QED) is 0.646. The molecule has 1 aliphatic heterocycles. The molecule has 0 amide bonds. The predicted octanol–water partition coefficient (Wildman–Crippen LogP) is 0.369. The maximum atomic E-state index is 5.53. The van der Waals surface area contributed by atoms with Crippen LogP contribution in [0.3, 0.4) is 0 Å². The van der Waals surface area contributed by atoms with Crippen LogP contribution in [0.1, 0.15) is 6.92 Å². The smallest absolute Gasteiger partial charge is 0.0645 e. The molecule has 84 valence electrons. The van der Waals surface area contributed by atoms with Gasteiger partial charge < -0.3 is 14.2 Å². The van der Waals surface area contributed by atoms with E-state index in [1.807, 2.05) is 0 Å². The van der Waals surface area contributed by atoms with Crippen LogP contribution in [0, 0.1) is 0 Å². The van der Waals surface area contributed by atoms with Crippen molar-refractivity contribution in [3.8, 4) is 0 Å². The van der Waals surface area contributed by atoms with Gasteiger partial charge in [0.2, 0.25) is 0 Å². The Hall–Kier alpha value is -0.160. The van der Waals surface area contributed by atoms with Gasteiger partial charge in [-0.3, -0.25) is 4.90 Å². The number of rotatable bonds is 5. The van der Waals surface area contributed by atoms with Crippen molar-refractivity contribution in [3.05, 3.63) is 0 Å². The van der Waals surface area contributed by atoms with E-state index >= 15 is 0 Å². The Morgan fingerprint density at radius 1 is 1.14 bits per heavy atom. The van der Waals surface area contributed by atoms with Crippen LogP contribution in [0.25, 0.3) is 0 Å². The van der Waals surface area contributed by atoms with Crippen molar-refractivity contribution in [2.45, 2.75) is 19.0 Å². The Kier molecular flexibility index (Phi) is 5.40. The third-order valence-corrected chi connectivity index (χ3v) is 2.64. The van der Waals surface area contributed by atoms with E-state index in [1.165, 1.54) is 0 Å². The summed E-state index contributed by atoms with van der Waals surface area (Å²) in [5.41, 5.74) is 0. The van der Waals surface area contributed by atoms with Crippen molar-refractivity contribution in [1.29, 1.82) is 0 Å². The van der Waals surface area contributed by atoms with Gasteiger partial charge in [-0.1, -0.05) is 6.92 Å². The number of morpholine rings is 1. The zero-order chi connectivity index (χ0) is 10.4. The molecule has 0 bridgehead atoms. The first-order chi connectivity index (χ1) is 6.83. The first-order valence-corrected chi connectivity index (χ1v) is 5.14. The molecule has 0 saturated carbocycles. The second kappa shape index (κ2) is 6.35. The molecule has 14 heavy (non-hydrogen) atoms. The second-order valence-corrected chi connectivity index (χ2v) is 3.59. The van der Waals surface area contributed by atoms with Gasteiger partial charge in [0, 0.05) is 14.2 Å². The highest BCUT2D eigenvalue weighted by Crippen LogP contribution is 2.13. The van der Waals surface area contributed by atoms with Crippen LogP contribution in [0.5, 0.6) is 0 Å². The van der Waals surface area contributed by atoms with Crippen LogP contribution in [0.4, 0.5) is 0 Å². The minimum atomic E-state index is 0.374. The Morgan fingerprint density at radius 3 is 2.00 bits per heavy atom. The Balaban J connectivity index is 2.50. The summed E-state index contributed by atoms with van der Waals surface area (Å²) in [7, 11) is 3.46. The van der Waals surface area contributed by atoms with Crippen LogP contribution in [-0.2, 0) is 14.2 Å². The minimum absolute atomic E-state index is 0.374. The maximum absolute atomic E-state index is 5.53. The average molecular weight is 203 g/mol. The maximum Gasteiger partial charge on any atom is 0.0645 e. The molecule has 1 saturated heterocycles. The summed E-state index contributed by atoms with van der Waals surface area (Å²) in [5.74, 6) is 0. The topological polar surface area (TPSA) is 30.9 Å². The molecule has 0 radical (unpaired) electrons. The Labute approximate surface area is 86.1 Å². The number of hydrogen-bond donors (Lipinski definition) is 0. The van der Waals surface area contributed by atoms with E-state index in [0.29, 0.717) is 12.1 Å². The number of likely N-dealkylation sites (N-methyl/N-ethyl adjacent to an activating group) is 1. The van der Waals surface area contributed by atoms with Crippen molar-refractivity contribution in [2.24, 2.45) is 0 Å². The summed E-state index contributed by atoms with van der Waals surface area (Å²) in [6.07, 6.45) is 0. The molecule has 4 heteroatoms. The van der Waals surface area contributed by atoms with Gasteiger partial charge >= 0.3 is 0 Å². The van der Waals surface area contributed by atoms with Crippen LogP contribution in [-0.4, -0.2) is 64.2 Å². The van der Waals surface area contributed by atoms with Crippen LogP contribution in [0.2, 0.25) is 0 Å². The van der Waals surface area contributed by atoms with Gasteiger partial charge in [-0.15, -0.1) is 0 Å². The molecule has 1 rings (SSSR count). The van der Waals surface area contributed by atoms with Gasteiger partial charge in [0.25, 0.3) is 0 Å². The van der Waals surface area contributed by atoms with Crippen LogP contribution >= 0.6 is 0 Å². The fourth-order valence-corrected chi connectivity index (χ4v) is 2.02. The average Bonchev–Trinajstić information content (AvgIpc) is 2.19. The van der Waals surface area contributed by atoms with Crippen molar-refractivity contribution in [3.63, 3.8) is 0 Å². The highest BCUT2D eigenvalue weighted by molar-refractivity contribution is 4.82. The summed E-state index contributed by atoms with van der Waals surface area (Å²) in [4.78, 5) is 2.40. The lowest BCUT2D eigenvalue weighted by molar-refractivity contribution is -0.0856. The molecular formula is C10H21NO3. The van der Waals surface area contributed by atoms with E-state index < -0.39 is 0 Å². The van der Waals surface area contributed by atoms with E-state index in [1.54, 1.807) is 14.2 Å². The zero-order valence-corrected chi connectivity index (χ0v) is 9.36. The van der Waals surface area contributed by atoms with Gasteiger partial charge in [0.05, 0.1) is 38.5 Å². The van der Waals surface area contributed by atoms with Crippen molar-refractivity contribution in [2.75, 3.05) is 47.2 Å². The monoisotopic (exact) mass is 203 g/mol. The molecule has 2 atom stereocenters. The van der Waals surface area contributed by atoms with Crippen LogP contribution in [0.15, 0.2) is 0 Å². The van der Waals surface area contributed by atoms with E-state index in [4.69, 9.17) is 14.2 Å². The SMILES string of the molecule is CCN1C(COC)COCC1COC. The van der Waals surface area contributed by atoms with E-state index in [-0.39, 0.29) is 0 Å². The lowest BCUT2D eigenvalue weighted by Crippen LogP contribution is -2.55. The molecule has 0 aliphatic carbocycles. The lowest BCUT2D eigenvalue weighted by atomic mass is 10.1. The molecule has 1 heterocycles. The summed E-state index contributed by atoms with van der Waals surface area (Å²) in [6, 6.07) is 0.748. The third kappa shape index (κ3) is 2.92. The first-order valence-electron chi connectivity index (χ1n) is 5.14. The molecule has 0 aromatic heterocycles. The lowest BCUT2D eigenvalue weighted by Gasteiger charge is -2.40. The van der Waals surface area contributed by atoms with E-state index in [9.17, 15) is 0 Å². The van der Waals surface area contributed by atoms with Crippen molar-refractivity contribution in [1.82, 2.24) is 4.90 Å². The summed E-state index contributed by atoms with van der Waals surface area (Å²) < 4.78 is 15.9. The van der Waals surface area contributed by atoms with Gasteiger partial charge in [0.15, 0.2) is 0 Å². The molecule has 2 unspecified atom stereocenters. The molecule has 0 spiro atoms. The number of nitrogens with zero attached hydrogens (tertiary/aromatic N) is 1. The standard InChI is InChI=1S/C10H21NO3/c1-4-11-9(5-12-2)7-14-8-10(11)6-13-3/h9-10H,4-8H2,1-3H3.